The van der Waals surface area contributed by atoms with Crippen LogP contribution in [0.25, 0.3) is 0 Å². The second-order valence-corrected chi connectivity index (χ2v) is 13.4. The van der Waals surface area contributed by atoms with Crippen molar-refractivity contribution in [3.63, 3.8) is 0 Å². The molecule has 256 valence electrons. The van der Waals surface area contributed by atoms with Crippen LogP contribution in [0.1, 0.15) is 58.2 Å². The van der Waals surface area contributed by atoms with Gasteiger partial charge in [-0.3, -0.25) is 10.2 Å². The molecule has 0 aliphatic heterocycles. The lowest BCUT2D eigenvalue weighted by Gasteiger charge is -2.07. The third kappa shape index (κ3) is 12.5. The molecular weight excluding hydrogens is 657 g/mol. The molecule has 0 atom stereocenters. The van der Waals surface area contributed by atoms with E-state index in [1.54, 1.807) is 12.4 Å². The van der Waals surface area contributed by atoms with Crippen molar-refractivity contribution in [2.45, 2.75) is 65.5 Å². The van der Waals surface area contributed by atoms with Gasteiger partial charge in [0.25, 0.3) is 5.91 Å². The third-order valence-electron chi connectivity index (χ3n) is 7.40. The van der Waals surface area contributed by atoms with Crippen LogP contribution in [0, 0.1) is 19.3 Å². The van der Waals surface area contributed by atoms with E-state index >= 15 is 0 Å². The number of nitrogens with one attached hydrogen (secondary N) is 2. The fraction of sp³-hybridized carbons (Fsp3) is 0.314. The van der Waals surface area contributed by atoms with Crippen molar-refractivity contribution in [2.75, 3.05) is 12.4 Å². The van der Waals surface area contributed by atoms with Crippen molar-refractivity contribution in [2.24, 2.45) is 10.7 Å². The van der Waals surface area contributed by atoms with E-state index in [4.69, 9.17) is 11.1 Å². The number of aliphatic imine (C=N–C) groups is 1. The van der Waals surface area contributed by atoms with Gasteiger partial charge in [-0.1, -0.05) is 59.9 Å². The van der Waals surface area contributed by atoms with Crippen LogP contribution in [0.2, 0.25) is 0 Å². The van der Waals surface area contributed by atoms with Crippen LogP contribution in [0.3, 0.4) is 0 Å². The van der Waals surface area contributed by atoms with E-state index in [1.807, 2.05) is 74.3 Å². The number of hydrogen-bond donors (Lipinski definition) is 3. The lowest BCUT2D eigenvalue weighted by Crippen LogP contribution is -2.14. The zero-order chi connectivity index (χ0) is 35.0. The molecule has 5 aromatic rings. The molecule has 0 saturated carbocycles. The average molecular weight is 699 g/mol. The number of imidazole rings is 2. The summed E-state index contributed by atoms with van der Waals surface area (Å²) in [6.45, 7) is 5.44. The largest absolute Gasteiger partial charge is 0.378 e. The van der Waals surface area contributed by atoms with Gasteiger partial charge in [-0.05, 0) is 67.1 Å². The van der Waals surface area contributed by atoms with Gasteiger partial charge in [0.2, 0.25) is 5.13 Å². The van der Waals surface area contributed by atoms with Crippen LogP contribution < -0.4 is 11.1 Å². The van der Waals surface area contributed by atoms with Gasteiger partial charge >= 0.3 is 0 Å². The summed E-state index contributed by atoms with van der Waals surface area (Å²) in [5, 5.41) is 21.5. The van der Waals surface area contributed by atoms with Gasteiger partial charge in [0.15, 0.2) is 5.17 Å². The van der Waals surface area contributed by atoms with Crippen molar-refractivity contribution >= 4 is 50.6 Å². The van der Waals surface area contributed by atoms with Gasteiger partial charge in [-0.15, -0.1) is 10.2 Å². The van der Waals surface area contributed by atoms with Crippen LogP contribution in [-0.4, -0.2) is 58.8 Å². The average Bonchev–Trinajstić information content (AvgIpc) is 3.82. The molecule has 5 rings (SSSR count). The zero-order valence-electron chi connectivity index (χ0n) is 28.0. The highest BCUT2D eigenvalue weighted by molar-refractivity contribution is 8.26. The van der Waals surface area contributed by atoms with E-state index in [9.17, 15) is 9.59 Å². The van der Waals surface area contributed by atoms with Crippen LogP contribution in [-0.2, 0) is 41.9 Å². The fourth-order valence-electron chi connectivity index (χ4n) is 4.88. The van der Waals surface area contributed by atoms with E-state index in [0.717, 1.165) is 82.3 Å². The minimum absolute atomic E-state index is 0.109. The van der Waals surface area contributed by atoms with E-state index in [-0.39, 0.29) is 17.5 Å². The Kier molecular flexibility index (Phi) is 14.4. The maximum Gasteiger partial charge on any atom is 0.252 e. The molecule has 1 amide bonds. The molecule has 0 saturated heterocycles. The first-order chi connectivity index (χ1) is 23.7. The molecule has 3 aromatic heterocycles. The number of carbonyl (C=O) groups is 2. The van der Waals surface area contributed by atoms with Crippen LogP contribution in [0.5, 0.6) is 0 Å². The number of thioether (sulfide) groups is 1. The lowest BCUT2D eigenvalue weighted by atomic mass is 10.1. The molecule has 0 unspecified atom stereocenters. The molecule has 0 aliphatic rings. The first-order valence-electron chi connectivity index (χ1n) is 15.9. The van der Waals surface area contributed by atoms with Gasteiger partial charge in [-0.25, -0.2) is 9.97 Å². The second-order valence-electron chi connectivity index (χ2n) is 11.2. The molecule has 4 N–H and O–H groups in total. The van der Waals surface area contributed by atoms with Crippen molar-refractivity contribution in [3.8, 4) is 0 Å². The number of amides is 1. The molecule has 49 heavy (non-hydrogen) atoms. The van der Waals surface area contributed by atoms with Gasteiger partial charge in [0.05, 0.1) is 11.5 Å². The highest BCUT2D eigenvalue weighted by atomic mass is 32.2. The minimum Gasteiger partial charge on any atom is -0.378 e. The smallest absolute Gasteiger partial charge is 0.252 e. The number of benzene rings is 2. The summed E-state index contributed by atoms with van der Waals surface area (Å²) in [5.41, 5.74) is 10.1. The van der Waals surface area contributed by atoms with E-state index in [1.165, 1.54) is 16.9 Å². The number of anilines is 1. The van der Waals surface area contributed by atoms with Crippen molar-refractivity contribution in [1.82, 2.24) is 29.3 Å². The Balaban J connectivity index is 0.000000281. The minimum atomic E-state index is -0.319. The molecule has 0 spiro atoms. The topological polar surface area (TPSA) is 170 Å². The first-order valence-corrected chi connectivity index (χ1v) is 17.5. The van der Waals surface area contributed by atoms with E-state index < -0.39 is 0 Å². The number of unbranched alkanes of at least 4 members (excludes halogenated alkanes) is 1. The number of nitrogens with zero attached hydrogens (tertiary/aromatic N) is 7. The summed E-state index contributed by atoms with van der Waals surface area (Å²) >= 11 is 2.58. The van der Waals surface area contributed by atoms with Gasteiger partial charge in [-0.2, -0.15) is 4.99 Å². The molecule has 14 heteroatoms. The maximum atomic E-state index is 12.3. The summed E-state index contributed by atoms with van der Waals surface area (Å²) < 4.78 is 4.13. The Morgan fingerprint density at radius 2 is 1.57 bits per heavy atom. The fourth-order valence-corrected chi connectivity index (χ4v) is 6.26. The summed E-state index contributed by atoms with van der Waals surface area (Å²) in [7, 11) is 1.82. The summed E-state index contributed by atoms with van der Waals surface area (Å²) in [5.74, 6) is 1.62. The number of aromatic nitrogens is 6. The van der Waals surface area contributed by atoms with E-state index in [2.05, 4.69) is 47.2 Å². The van der Waals surface area contributed by atoms with Crippen LogP contribution in [0.15, 0.2) is 78.3 Å². The van der Waals surface area contributed by atoms with Crippen molar-refractivity contribution in [1.29, 1.82) is 5.41 Å². The molecule has 0 fully saturated rings. The van der Waals surface area contributed by atoms with Crippen molar-refractivity contribution in [3.05, 3.63) is 112 Å². The molecule has 0 aliphatic carbocycles. The number of aldehydes is 1. The van der Waals surface area contributed by atoms with Crippen LogP contribution in [0.4, 0.5) is 5.13 Å². The molecule has 0 radical (unpaired) electrons. The first kappa shape index (κ1) is 36.9. The number of rotatable bonds is 14. The number of nitrogens with two attached hydrogens (primary N) is 1. The Labute approximate surface area is 294 Å². The summed E-state index contributed by atoms with van der Waals surface area (Å²) in [6.07, 6.45) is 12.2. The standard InChI is InChI=1S/C22H28N8OS2.C13H14N2O/c1-15-26-10-11-30(15)14-17-7-5-6-16(12-17)13-19(31)27-21(24)32-18(23)8-3-4-9-20-28-29-22(25-2)33-20;1-11-14-6-7-15(11)10-13-4-2-3-12(9-13)5-8-16/h5-7,10-12,23H,3-4,8-9,13-14H2,1-2H3,(H,25,29)(H2,24,27,31);2-4,6-9H,5,10H2,1H3. The summed E-state index contributed by atoms with van der Waals surface area (Å²) in [4.78, 5) is 35.2. The molecule has 2 aromatic carbocycles. The van der Waals surface area contributed by atoms with Gasteiger partial charge < -0.3 is 25.0 Å². The SMILES string of the molecule is CNc1nnc(CCCCC(=N)SC(N)=NC(=O)Cc2cccc(Cn3ccnc3C)c2)s1.Cc1nccn1Cc1cccc(CC=O)c1. The number of hydrogen-bond acceptors (Lipinski definition) is 10. The quantitative estimate of drug-likeness (QED) is 0.0577. The highest BCUT2D eigenvalue weighted by Gasteiger charge is 2.09. The monoisotopic (exact) mass is 698 g/mol. The predicted octanol–water partition coefficient (Wildman–Crippen LogP) is 5.62. The Morgan fingerprint density at radius 3 is 2.14 bits per heavy atom. The Morgan fingerprint density at radius 1 is 0.959 bits per heavy atom. The summed E-state index contributed by atoms with van der Waals surface area (Å²) in [6, 6.07) is 15.9. The van der Waals surface area contributed by atoms with E-state index in [0.29, 0.717) is 24.4 Å². The lowest BCUT2D eigenvalue weighted by molar-refractivity contribution is -0.117. The van der Waals surface area contributed by atoms with Gasteiger partial charge in [0.1, 0.15) is 22.9 Å². The third-order valence-corrected chi connectivity index (χ3v) is 9.15. The molecule has 3 heterocycles. The van der Waals surface area contributed by atoms with Crippen molar-refractivity contribution < 1.29 is 9.59 Å². The maximum absolute atomic E-state index is 12.3. The molecular formula is C35H42N10O2S2. The Hall–Kier alpha value is -4.95. The Bertz CT molecular complexity index is 1860. The molecule has 0 bridgehead atoms. The number of carbonyl (C=O) groups excluding carboxylic acids is 2. The van der Waals surface area contributed by atoms with Gasteiger partial charge in [0, 0.05) is 57.8 Å². The molecule has 12 nitrogen and oxygen atoms in total. The van der Waals surface area contributed by atoms with Crippen LogP contribution >= 0.6 is 23.1 Å². The zero-order valence-corrected chi connectivity index (χ0v) is 29.6. The number of amidine groups is 1. The predicted molar refractivity (Wildman–Crippen MR) is 197 cm³/mol. The second kappa shape index (κ2) is 19.1. The number of aryl methyl sites for hydroxylation is 3. The highest BCUT2D eigenvalue weighted by Crippen LogP contribution is 2.18. The normalized spacial score (nSPS) is 11.1.